The lowest BCUT2D eigenvalue weighted by Crippen LogP contribution is -2.47. The molecular weight excluding hydrogens is 244 g/mol. The number of hydrogen-bond donors (Lipinski definition) is 3. The first-order chi connectivity index (χ1) is 9.17. The molecule has 3 aliphatic rings. The van der Waals surface area contributed by atoms with Crippen molar-refractivity contribution in [2.75, 3.05) is 39.4 Å². The van der Waals surface area contributed by atoms with E-state index in [-0.39, 0.29) is 5.41 Å². The second kappa shape index (κ2) is 5.66. The Labute approximate surface area is 114 Å². The van der Waals surface area contributed by atoms with Crippen molar-refractivity contribution < 1.29 is 14.9 Å². The summed E-state index contributed by atoms with van der Waals surface area (Å²) in [5.74, 6) is 0. The van der Waals surface area contributed by atoms with Gasteiger partial charge in [0.05, 0.1) is 12.2 Å². The molecule has 2 unspecified atom stereocenters. The highest BCUT2D eigenvalue weighted by molar-refractivity contribution is 4.94. The number of rotatable bonds is 5. The minimum atomic E-state index is -0.576. The lowest BCUT2D eigenvalue weighted by atomic mass is 9.79. The van der Waals surface area contributed by atoms with Crippen LogP contribution in [-0.2, 0) is 4.74 Å². The smallest absolute Gasteiger partial charge is 0.0938 e. The van der Waals surface area contributed by atoms with Crippen LogP contribution in [0.3, 0.4) is 0 Å². The van der Waals surface area contributed by atoms with E-state index in [1.165, 1.54) is 12.8 Å². The summed E-state index contributed by atoms with van der Waals surface area (Å²) < 4.78 is 5.51. The predicted molar refractivity (Wildman–Crippen MR) is 72.0 cm³/mol. The van der Waals surface area contributed by atoms with E-state index in [0.29, 0.717) is 13.1 Å². The van der Waals surface area contributed by atoms with E-state index in [9.17, 15) is 10.2 Å². The van der Waals surface area contributed by atoms with Gasteiger partial charge in [0.2, 0.25) is 0 Å². The van der Waals surface area contributed by atoms with E-state index in [2.05, 4.69) is 10.2 Å². The number of hydrogen-bond acceptors (Lipinski definition) is 5. The van der Waals surface area contributed by atoms with Crippen LogP contribution >= 0.6 is 0 Å². The van der Waals surface area contributed by atoms with Gasteiger partial charge in [-0.2, -0.15) is 0 Å². The first-order valence-electron chi connectivity index (χ1n) is 7.57. The van der Waals surface area contributed by atoms with Gasteiger partial charge in [0.1, 0.15) is 0 Å². The Balaban J connectivity index is 1.57. The Morgan fingerprint density at radius 2 is 1.74 bits per heavy atom. The lowest BCUT2D eigenvalue weighted by molar-refractivity contribution is -0.00296. The van der Waals surface area contributed by atoms with Crippen LogP contribution < -0.4 is 5.32 Å². The highest BCUT2D eigenvalue weighted by Crippen LogP contribution is 2.33. The quantitative estimate of drug-likeness (QED) is 0.633. The first kappa shape index (κ1) is 13.8. The zero-order chi connectivity index (χ0) is 13.3. The average Bonchev–Trinajstić information content (AvgIpc) is 3.16. The number of likely N-dealkylation sites (tertiary alicyclic amines) is 1. The molecule has 2 saturated heterocycles. The van der Waals surface area contributed by atoms with Gasteiger partial charge in [-0.25, -0.2) is 0 Å². The van der Waals surface area contributed by atoms with Gasteiger partial charge in [-0.3, -0.25) is 4.90 Å². The van der Waals surface area contributed by atoms with Crippen LogP contribution in [0, 0.1) is 5.41 Å². The van der Waals surface area contributed by atoms with Crippen LogP contribution in [0.2, 0.25) is 0 Å². The molecule has 0 aromatic rings. The van der Waals surface area contributed by atoms with Crippen LogP contribution in [0.4, 0.5) is 0 Å². The van der Waals surface area contributed by atoms with Gasteiger partial charge < -0.3 is 20.3 Å². The molecule has 0 bridgehead atoms. The molecule has 0 radical (unpaired) electrons. The zero-order valence-electron chi connectivity index (χ0n) is 11.6. The normalized spacial score (nSPS) is 35.7. The van der Waals surface area contributed by atoms with Gasteiger partial charge in [-0.15, -0.1) is 0 Å². The maximum absolute atomic E-state index is 9.68. The van der Waals surface area contributed by atoms with Crippen molar-refractivity contribution in [1.82, 2.24) is 10.2 Å². The van der Waals surface area contributed by atoms with Crippen molar-refractivity contribution >= 4 is 0 Å². The molecule has 3 N–H and O–H groups in total. The third-order valence-electron chi connectivity index (χ3n) is 4.79. The van der Waals surface area contributed by atoms with E-state index in [0.717, 1.165) is 45.2 Å². The molecule has 1 aliphatic carbocycles. The summed E-state index contributed by atoms with van der Waals surface area (Å²) in [6, 6.07) is 0.731. The Morgan fingerprint density at radius 1 is 1.11 bits per heavy atom. The maximum atomic E-state index is 9.68. The van der Waals surface area contributed by atoms with Crippen molar-refractivity contribution in [2.45, 2.75) is 43.9 Å². The maximum Gasteiger partial charge on any atom is 0.0938 e. The van der Waals surface area contributed by atoms with Gasteiger partial charge in [0.25, 0.3) is 0 Å². The topological polar surface area (TPSA) is 65.0 Å². The Morgan fingerprint density at radius 3 is 2.32 bits per heavy atom. The Kier molecular flexibility index (Phi) is 4.10. The summed E-state index contributed by atoms with van der Waals surface area (Å²) in [7, 11) is 0. The fourth-order valence-corrected chi connectivity index (χ4v) is 3.29. The Hall–Kier alpha value is -0.200. The highest BCUT2D eigenvalue weighted by Gasteiger charge is 2.39. The van der Waals surface area contributed by atoms with Crippen LogP contribution in [-0.4, -0.2) is 72.8 Å². The van der Waals surface area contributed by atoms with Gasteiger partial charge in [-0.05, 0) is 31.1 Å². The molecule has 2 heterocycles. The number of β-amino-alcohol motifs (C(OH)–C–C–N with tert-alkyl or cyclic N) is 2. The molecular formula is C14H26N2O3. The molecule has 0 amide bonds. The SMILES string of the molecule is OC1CN(CC2(CNC3CC3)CCOCC2)CC1O. The van der Waals surface area contributed by atoms with Crippen molar-refractivity contribution in [3.8, 4) is 0 Å². The molecule has 110 valence electrons. The summed E-state index contributed by atoms with van der Waals surface area (Å²) in [5.41, 5.74) is 0.255. The number of aliphatic hydroxyl groups is 2. The van der Waals surface area contributed by atoms with Crippen LogP contribution in [0.15, 0.2) is 0 Å². The summed E-state index contributed by atoms with van der Waals surface area (Å²) in [6.45, 7) is 4.89. The molecule has 0 aromatic carbocycles. The summed E-state index contributed by atoms with van der Waals surface area (Å²) in [5, 5.41) is 23.0. The summed E-state index contributed by atoms with van der Waals surface area (Å²) >= 11 is 0. The van der Waals surface area contributed by atoms with Gasteiger partial charge in [0.15, 0.2) is 0 Å². The van der Waals surface area contributed by atoms with Crippen LogP contribution in [0.5, 0.6) is 0 Å². The van der Waals surface area contributed by atoms with Gasteiger partial charge in [0, 0.05) is 45.4 Å². The molecule has 1 saturated carbocycles. The van der Waals surface area contributed by atoms with Gasteiger partial charge >= 0.3 is 0 Å². The second-order valence-electron chi connectivity index (χ2n) is 6.60. The minimum Gasteiger partial charge on any atom is -0.389 e. The molecule has 0 spiro atoms. The van der Waals surface area contributed by atoms with E-state index in [1.807, 2.05) is 0 Å². The Bertz CT molecular complexity index is 293. The van der Waals surface area contributed by atoms with E-state index < -0.39 is 12.2 Å². The molecule has 2 atom stereocenters. The van der Waals surface area contributed by atoms with E-state index >= 15 is 0 Å². The van der Waals surface area contributed by atoms with E-state index in [1.54, 1.807) is 0 Å². The molecule has 5 nitrogen and oxygen atoms in total. The molecule has 3 fully saturated rings. The number of nitrogens with one attached hydrogen (secondary N) is 1. The lowest BCUT2D eigenvalue weighted by Gasteiger charge is -2.40. The molecule has 3 rings (SSSR count). The van der Waals surface area contributed by atoms with Crippen LogP contribution in [0.25, 0.3) is 0 Å². The molecule has 19 heavy (non-hydrogen) atoms. The van der Waals surface area contributed by atoms with Crippen molar-refractivity contribution in [2.24, 2.45) is 5.41 Å². The first-order valence-corrected chi connectivity index (χ1v) is 7.57. The number of nitrogens with zero attached hydrogens (tertiary/aromatic N) is 1. The molecule has 0 aromatic heterocycles. The highest BCUT2D eigenvalue weighted by atomic mass is 16.5. The van der Waals surface area contributed by atoms with Crippen molar-refractivity contribution in [3.05, 3.63) is 0 Å². The predicted octanol–water partition coefficient (Wildman–Crippen LogP) is -0.427. The largest absolute Gasteiger partial charge is 0.389 e. The fourth-order valence-electron chi connectivity index (χ4n) is 3.29. The van der Waals surface area contributed by atoms with Gasteiger partial charge in [-0.1, -0.05) is 0 Å². The van der Waals surface area contributed by atoms with E-state index in [4.69, 9.17) is 4.74 Å². The van der Waals surface area contributed by atoms with Crippen LogP contribution in [0.1, 0.15) is 25.7 Å². The molecule has 2 aliphatic heterocycles. The zero-order valence-corrected chi connectivity index (χ0v) is 11.6. The third-order valence-corrected chi connectivity index (χ3v) is 4.79. The number of ether oxygens (including phenoxy) is 1. The minimum absolute atomic E-state index is 0.255. The summed E-state index contributed by atoms with van der Waals surface area (Å²) in [6.07, 6.45) is 3.63. The fraction of sp³-hybridized carbons (Fsp3) is 1.00. The second-order valence-corrected chi connectivity index (χ2v) is 6.60. The molecule has 5 heteroatoms. The van der Waals surface area contributed by atoms with Crippen molar-refractivity contribution in [3.63, 3.8) is 0 Å². The average molecular weight is 270 g/mol. The third kappa shape index (κ3) is 3.47. The number of aliphatic hydroxyl groups excluding tert-OH is 2. The monoisotopic (exact) mass is 270 g/mol. The van der Waals surface area contributed by atoms with Crippen molar-refractivity contribution in [1.29, 1.82) is 0 Å². The summed E-state index contributed by atoms with van der Waals surface area (Å²) in [4.78, 5) is 2.22. The standard InChI is InChI=1S/C14H26N2O3/c17-12-7-16(8-13(12)18)10-14(3-5-19-6-4-14)9-15-11-1-2-11/h11-13,15,17-18H,1-10H2.